The topological polar surface area (TPSA) is 17.1 Å². The highest BCUT2D eigenvalue weighted by Gasteiger charge is 2.10. The molecule has 0 aliphatic rings. The molecule has 0 saturated heterocycles. The second-order valence-electron chi connectivity index (χ2n) is 4.77. The SMILES string of the molecule is CCC(C)c1ccc(C(=O)c2ccc(F)cc2)cc1. The Kier molecular flexibility index (Phi) is 4.10. The van der Waals surface area contributed by atoms with Crippen LogP contribution in [0.15, 0.2) is 48.5 Å². The van der Waals surface area contributed by atoms with Crippen LogP contribution < -0.4 is 0 Å². The van der Waals surface area contributed by atoms with Gasteiger partial charge in [0.25, 0.3) is 0 Å². The first kappa shape index (κ1) is 13.5. The zero-order valence-electron chi connectivity index (χ0n) is 11.2. The first-order chi connectivity index (χ1) is 9.11. The molecule has 1 unspecified atom stereocenters. The maximum absolute atomic E-state index is 12.8. The van der Waals surface area contributed by atoms with E-state index in [1.807, 2.05) is 24.3 Å². The molecule has 0 heterocycles. The van der Waals surface area contributed by atoms with Gasteiger partial charge in [-0.15, -0.1) is 0 Å². The highest BCUT2D eigenvalue weighted by Crippen LogP contribution is 2.20. The van der Waals surface area contributed by atoms with Gasteiger partial charge in [-0.25, -0.2) is 4.39 Å². The number of hydrogen-bond acceptors (Lipinski definition) is 1. The van der Waals surface area contributed by atoms with Gasteiger partial charge < -0.3 is 0 Å². The third kappa shape index (κ3) is 3.08. The number of carbonyl (C=O) groups is 1. The Balaban J connectivity index is 2.22. The predicted octanol–water partition coefficient (Wildman–Crippen LogP) is 4.57. The monoisotopic (exact) mass is 256 g/mol. The van der Waals surface area contributed by atoms with E-state index in [0.29, 0.717) is 17.0 Å². The Morgan fingerprint density at radius 1 is 1.00 bits per heavy atom. The lowest BCUT2D eigenvalue weighted by atomic mass is 9.95. The van der Waals surface area contributed by atoms with Crippen molar-refractivity contribution in [1.29, 1.82) is 0 Å². The van der Waals surface area contributed by atoms with E-state index in [4.69, 9.17) is 0 Å². The van der Waals surface area contributed by atoms with E-state index in [9.17, 15) is 9.18 Å². The molecule has 19 heavy (non-hydrogen) atoms. The van der Waals surface area contributed by atoms with Crippen LogP contribution in [0, 0.1) is 5.82 Å². The second-order valence-corrected chi connectivity index (χ2v) is 4.77. The van der Waals surface area contributed by atoms with Gasteiger partial charge in [0.05, 0.1) is 0 Å². The average Bonchev–Trinajstić information content (AvgIpc) is 2.46. The van der Waals surface area contributed by atoms with Gasteiger partial charge in [0.1, 0.15) is 5.82 Å². The van der Waals surface area contributed by atoms with Crippen LogP contribution in [0.25, 0.3) is 0 Å². The van der Waals surface area contributed by atoms with E-state index in [-0.39, 0.29) is 11.6 Å². The van der Waals surface area contributed by atoms with E-state index in [2.05, 4.69) is 13.8 Å². The lowest BCUT2D eigenvalue weighted by Gasteiger charge is -2.09. The molecule has 0 aliphatic heterocycles. The minimum absolute atomic E-state index is 0.0734. The molecule has 0 amide bonds. The molecule has 0 aromatic heterocycles. The van der Waals surface area contributed by atoms with Gasteiger partial charge in [0.15, 0.2) is 5.78 Å². The van der Waals surface area contributed by atoms with Crippen molar-refractivity contribution in [3.05, 3.63) is 71.0 Å². The molecule has 0 N–H and O–H groups in total. The van der Waals surface area contributed by atoms with Gasteiger partial charge in [-0.05, 0) is 42.2 Å². The molecule has 0 bridgehead atoms. The summed E-state index contributed by atoms with van der Waals surface area (Å²) >= 11 is 0. The van der Waals surface area contributed by atoms with Crippen LogP contribution in [-0.4, -0.2) is 5.78 Å². The van der Waals surface area contributed by atoms with Crippen molar-refractivity contribution < 1.29 is 9.18 Å². The van der Waals surface area contributed by atoms with Crippen LogP contribution in [0.5, 0.6) is 0 Å². The standard InChI is InChI=1S/C17H17FO/c1-3-12(2)13-4-6-14(7-5-13)17(19)15-8-10-16(18)11-9-15/h4-12H,3H2,1-2H3. The normalized spacial score (nSPS) is 12.2. The number of carbonyl (C=O) groups excluding carboxylic acids is 1. The molecule has 1 nitrogen and oxygen atoms in total. The van der Waals surface area contributed by atoms with Crippen LogP contribution >= 0.6 is 0 Å². The Hall–Kier alpha value is -1.96. The van der Waals surface area contributed by atoms with Crippen molar-refractivity contribution in [2.75, 3.05) is 0 Å². The second kappa shape index (κ2) is 5.79. The first-order valence-electron chi connectivity index (χ1n) is 6.52. The molecular formula is C17H17FO. The molecule has 0 radical (unpaired) electrons. The summed E-state index contributed by atoms with van der Waals surface area (Å²) in [5, 5.41) is 0. The highest BCUT2D eigenvalue weighted by molar-refractivity contribution is 6.08. The minimum atomic E-state index is -0.330. The van der Waals surface area contributed by atoms with Gasteiger partial charge in [0, 0.05) is 11.1 Å². The fourth-order valence-electron chi connectivity index (χ4n) is 1.97. The largest absolute Gasteiger partial charge is 0.289 e. The summed E-state index contributed by atoms with van der Waals surface area (Å²) in [6, 6.07) is 13.3. The van der Waals surface area contributed by atoms with Crippen molar-refractivity contribution >= 4 is 5.78 Å². The van der Waals surface area contributed by atoms with Gasteiger partial charge in [-0.2, -0.15) is 0 Å². The molecule has 0 saturated carbocycles. The van der Waals surface area contributed by atoms with Crippen LogP contribution in [0.2, 0.25) is 0 Å². The summed E-state index contributed by atoms with van der Waals surface area (Å²) in [5.41, 5.74) is 2.38. The zero-order valence-corrected chi connectivity index (χ0v) is 11.2. The summed E-state index contributed by atoms with van der Waals surface area (Å²) in [7, 11) is 0. The van der Waals surface area contributed by atoms with E-state index < -0.39 is 0 Å². The van der Waals surface area contributed by atoms with Gasteiger partial charge in [-0.1, -0.05) is 38.1 Å². The molecule has 2 rings (SSSR count). The molecule has 0 spiro atoms. The summed E-state index contributed by atoms with van der Waals surface area (Å²) in [6.07, 6.45) is 1.07. The summed E-state index contributed by atoms with van der Waals surface area (Å²) < 4.78 is 12.8. The van der Waals surface area contributed by atoms with Crippen molar-refractivity contribution in [3.63, 3.8) is 0 Å². The molecular weight excluding hydrogens is 239 g/mol. The lowest BCUT2D eigenvalue weighted by molar-refractivity contribution is 0.103. The van der Waals surface area contributed by atoms with Crippen molar-refractivity contribution in [1.82, 2.24) is 0 Å². The number of benzene rings is 2. The van der Waals surface area contributed by atoms with Crippen molar-refractivity contribution in [2.24, 2.45) is 0 Å². The van der Waals surface area contributed by atoms with E-state index in [1.54, 1.807) is 0 Å². The summed E-state index contributed by atoms with van der Waals surface area (Å²) in [6.45, 7) is 4.30. The molecule has 0 aliphatic carbocycles. The molecule has 2 aromatic carbocycles. The molecule has 0 fully saturated rings. The van der Waals surface area contributed by atoms with Crippen LogP contribution in [0.1, 0.15) is 47.7 Å². The van der Waals surface area contributed by atoms with Crippen LogP contribution in [-0.2, 0) is 0 Å². The Bertz CT molecular complexity index is 555. The third-order valence-electron chi connectivity index (χ3n) is 3.46. The lowest BCUT2D eigenvalue weighted by Crippen LogP contribution is -2.02. The molecule has 98 valence electrons. The summed E-state index contributed by atoms with van der Waals surface area (Å²) in [5.74, 6) is 0.0920. The maximum atomic E-state index is 12.8. The highest BCUT2D eigenvalue weighted by atomic mass is 19.1. The maximum Gasteiger partial charge on any atom is 0.193 e. The van der Waals surface area contributed by atoms with Crippen LogP contribution in [0.3, 0.4) is 0 Å². The molecule has 2 heteroatoms. The van der Waals surface area contributed by atoms with Crippen LogP contribution in [0.4, 0.5) is 4.39 Å². The van der Waals surface area contributed by atoms with Gasteiger partial charge >= 0.3 is 0 Å². The van der Waals surface area contributed by atoms with E-state index in [1.165, 1.54) is 29.8 Å². The number of rotatable bonds is 4. The van der Waals surface area contributed by atoms with Crippen molar-refractivity contribution in [2.45, 2.75) is 26.2 Å². The molecule has 1 atom stereocenters. The van der Waals surface area contributed by atoms with E-state index >= 15 is 0 Å². The fraction of sp³-hybridized carbons (Fsp3) is 0.235. The predicted molar refractivity (Wildman–Crippen MR) is 75.0 cm³/mol. The smallest absolute Gasteiger partial charge is 0.193 e. The number of hydrogen-bond donors (Lipinski definition) is 0. The first-order valence-corrected chi connectivity index (χ1v) is 6.52. The minimum Gasteiger partial charge on any atom is -0.289 e. The number of halogens is 1. The third-order valence-corrected chi connectivity index (χ3v) is 3.46. The Morgan fingerprint density at radius 2 is 1.47 bits per heavy atom. The Morgan fingerprint density at radius 3 is 1.95 bits per heavy atom. The van der Waals surface area contributed by atoms with Crippen molar-refractivity contribution in [3.8, 4) is 0 Å². The van der Waals surface area contributed by atoms with Gasteiger partial charge in [-0.3, -0.25) is 4.79 Å². The zero-order chi connectivity index (χ0) is 13.8. The van der Waals surface area contributed by atoms with E-state index in [0.717, 1.165) is 6.42 Å². The average molecular weight is 256 g/mol. The quantitative estimate of drug-likeness (QED) is 0.732. The Labute approximate surface area is 113 Å². The molecule has 2 aromatic rings. The number of ketones is 1. The summed E-state index contributed by atoms with van der Waals surface area (Å²) in [4.78, 5) is 12.2. The van der Waals surface area contributed by atoms with Gasteiger partial charge in [0.2, 0.25) is 0 Å². The fourth-order valence-corrected chi connectivity index (χ4v) is 1.97.